The standard InChI is InChI=1S/C11H15F3N2O3S/c1-2-15-7-8-16-20(17,18)10-5-3-9(4-6-10)19-11(12,13)14/h3-6,15-16H,2,7-8H2,1H3. The van der Waals surface area contributed by atoms with Gasteiger partial charge < -0.3 is 10.1 Å². The van der Waals surface area contributed by atoms with Crippen LogP contribution in [0.1, 0.15) is 6.92 Å². The summed E-state index contributed by atoms with van der Waals surface area (Å²) in [5.74, 6) is -0.468. The molecule has 5 nitrogen and oxygen atoms in total. The van der Waals surface area contributed by atoms with Gasteiger partial charge in [0.25, 0.3) is 0 Å². The van der Waals surface area contributed by atoms with E-state index in [2.05, 4.69) is 14.8 Å². The van der Waals surface area contributed by atoms with Gasteiger partial charge in [0.2, 0.25) is 10.0 Å². The number of ether oxygens (including phenoxy) is 1. The first-order valence-electron chi connectivity index (χ1n) is 5.81. The lowest BCUT2D eigenvalue weighted by Gasteiger charge is -2.10. The van der Waals surface area contributed by atoms with Crippen molar-refractivity contribution in [2.24, 2.45) is 0 Å². The number of rotatable bonds is 7. The summed E-state index contributed by atoms with van der Waals surface area (Å²) >= 11 is 0. The van der Waals surface area contributed by atoms with E-state index >= 15 is 0 Å². The third-order valence-corrected chi connectivity index (χ3v) is 3.69. The molecule has 114 valence electrons. The fourth-order valence-electron chi connectivity index (χ4n) is 1.35. The van der Waals surface area contributed by atoms with Crippen LogP contribution in [0, 0.1) is 0 Å². The maximum Gasteiger partial charge on any atom is 0.573 e. The van der Waals surface area contributed by atoms with Gasteiger partial charge in [-0.3, -0.25) is 0 Å². The highest BCUT2D eigenvalue weighted by atomic mass is 32.2. The molecule has 1 rings (SSSR count). The van der Waals surface area contributed by atoms with Crippen LogP contribution in [0.25, 0.3) is 0 Å². The first kappa shape index (κ1) is 16.7. The van der Waals surface area contributed by atoms with E-state index in [1.807, 2.05) is 6.92 Å². The molecule has 0 bridgehead atoms. The van der Waals surface area contributed by atoms with E-state index in [1.54, 1.807) is 0 Å². The Labute approximate surface area is 115 Å². The van der Waals surface area contributed by atoms with Crippen molar-refractivity contribution in [3.8, 4) is 5.75 Å². The van der Waals surface area contributed by atoms with Gasteiger partial charge in [0.1, 0.15) is 5.75 Å². The van der Waals surface area contributed by atoms with Crippen LogP contribution in [0.2, 0.25) is 0 Å². The molecule has 0 unspecified atom stereocenters. The maximum absolute atomic E-state index is 12.0. The molecule has 0 saturated heterocycles. The van der Waals surface area contributed by atoms with Crippen molar-refractivity contribution in [1.29, 1.82) is 0 Å². The zero-order valence-electron chi connectivity index (χ0n) is 10.7. The van der Waals surface area contributed by atoms with E-state index in [0.29, 0.717) is 13.1 Å². The maximum atomic E-state index is 12.0. The summed E-state index contributed by atoms with van der Waals surface area (Å²) in [6.07, 6.45) is -4.80. The lowest BCUT2D eigenvalue weighted by Crippen LogP contribution is -2.31. The molecule has 0 amide bonds. The van der Waals surface area contributed by atoms with Crippen molar-refractivity contribution in [1.82, 2.24) is 10.0 Å². The number of halogens is 3. The Kier molecular flexibility index (Phi) is 5.78. The zero-order valence-corrected chi connectivity index (χ0v) is 11.5. The summed E-state index contributed by atoms with van der Waals surface area (Å²) in [4.78, 5) is -0.122. The van der Waals surface area contributed by atoms with Gasteiger partial charge in [-0.15, -0.1) is 13.2 Å². The monoisotopic (exact) mass is 312 g/mol. The second kappa shape index (κ2) is 6.91. The highest BCUT2D eigenvalue weighted by Gasteiger charge is 2.31. The zero-order chi connectivity index (χ0) is 15.2. The second-order valence-electron chi connectivity index (χ2n) is 3.77. The summed E-state index contributed by atoms with van der Waals surface area (Å²) in [5.41, 5.74) is 0. The number of hydrogen-bond donors (Lipinski definition) is 2. The van der Waals surface area contributed by atoms with Crippen LogP contribution >= 0.6 is 0 Å². The van der Waals surface area contributed by atoms with E-state index in [1.165, 1.54) is 0 Å². The first-order chi connectivity index (χ1) is 9.24. The van der Waals surface area contributed by atoms with Gasteiger partial charge in [0.15, 0.2) is 0 Å². The summed E-state index contributed by atoms with van der Waals surface area (Å²) in [6.45, 7) is 3.25. The third kappa shape index (κ3) is 5.76. The lowest BCUT2D eigenvalue weighted by atomic mass is 10.3. The number of alkyl halides is 3. The minimum absolute atomic E-state index is 0.122. The Morgan fingerprint density at radius 2 is 1.75 bits per heavy atom. The molecule has 0 aliphatic rings. The molecule has 1 aromatic carbocycles. The van der Waals surface area contributed by atoms with Crippen molar-refractivity contribution in [3.63, 3.8) is 0 Å². The number of nitrogens with one attached hydrogen (secondary N) is 2. The summed E-state index contributed by atoms with van der Waals surface area (Å²) < 4.78 is 65.4. The van der Waals surface area contributed by atoms with Gasteiger partial charge in [-0.05, 0) is 30.8 Å². The van der Waals surface area contributed by atoms with Crippen molar-refractivity contribution >= 4 is 10.0 Å². The number of hydrogen-bond acceptors (Lipinski definition) is 4. The van der Waals surface area contributed by atoms with E-state index in [4.69, 9.17) is 0 Å². The van der Waals surface area contributed by atoms with E-state index < -0.39 is 22.1 Å². The van der Waals surface area contributed by atoms with Crippen LogP contribution < -0.4 is 14.8 Å². The van der Waals surface area contributed by atoms with Gasteiger partial charge in [0.05, 0.1) is 4.90 Å². The van der Waals surface area contributed by atoms with Crippen molar-refractivity contribution < 1.29 is 26.3 Å². The Hall–Kier alpha value is -1.32. The summed E-state index contributed by atoms with van der Waals surface area (Å²) in [7, 11) is -3.73. The molecule has 0 saturated carbocycles. The van der Waals surface area contributed by atoms with Crippen molar-refractivity contribution in [3.05, 3.63) is 24.3 Å². The van der Waals surface area contributed by atoms with Gasteiger partial charge in [-0.1, -0.05) is 6.92 Å². The van der Waals surface area contributed by atoms with Crippen molar-refractivity contribution in [2.75, 3.05) is 19.6 Å². The topological polar surface area (TPSA) is 67.4 Å². The SMILES string of the molecule is CCNCCNS(=O)(=O)c1ccc(OC(F)(F)F)cc1. The van der Waals surface area contributed by atoms with Crippen LogP contribution in [0.5, 0.6) is 5.75 Å². The molecule has 9 heteroatoms. The van der Waals surface area contributed by atoms with E-state index in [0.717, 1.165) is 24.3 Å². The Morgan fingerprint density at radius 1 is 1.15 bits per heavy atom. The van der Waals surface area contributed by atoms with Gasteiger partial charge in [-0.25, -0.2) is 13.1 Å². The predicted octanol–water partition coefficient (Wildman–Crippen LogP) is 1.47. The molecule has 0 aliphatic carbocycles. The molecule has 0 atom stereocenters. The minimum Gasteiger partial charge on any atom is -0.406 e. The number of sulfonamides is 1. The van der Waals surface area contributed by atoms with Gasteiger partial charge in [-0.2, -0.15) is 0 Å². The average Bonchev–Trinajstić information content (AvgIpc) is 2.33. The van der Waals surface area contributed by atoms with Crippen LogP contribution in [-0.4, -0.2) is 34.4 Å². The highest BCUT2D eigenvalue weighted by Crippen LogP contribution is 2.23. The molecule has 0 radical (unpaired) electrons. The lowest BCUT2D eigenvalue weighted by molar-refractivity contribution is -0.274. The molecule has 1 aromatic rings. The van der Waals surface area contributed by atoms with Gasteiger partial charge in [0, 0.05) is 13.1 Å². The molecular weight excluding hydrogens is 297 g/mol. The molecule has 0 aliphatic heterocycles. The molecule has 0 aromatic heterocycles. The fourth-order valence-corrected chi connectivity index (χ4v) is 2.39. The summed E-state index contributed by atoms with van der Waals surface area (Å²) in [6, 6.07) is 4.01. The Balaban J connectivity index is 2.67. The quantitative estimate of drug-likeness (QED) is 0.748. The van der Waals surface area contributed by atoms with Crippen LogP contribution in [0.4, 0.5) is 13.2 Å². The van der Waals surface area contributed by atoms with E-state index in [-0.39, 0.29) is 11.4 Å². The van der Waals surface area contributed by atoms with Crippen LogP contribution in [0.15, 0.2) is 29.2 Å². The normalized spacial score (nSPS) is 12.4. The smallest absolute Gasteiger partial charge is 0.406 e. The van der Waals surface area contributed by atoms with Crippen LogP contribution in [-0.2, 0) is 10.0 Å². The van der Waals surface area contributed by atoms with E-state index in [9.17, 15) is 21.6 Å². The van der Waals surface area contributed by atoms with Gasteiger partial charge >= 0.3 is 6.36 Å². The third-order valence-electron chi connectivity index (χ3n) is 2.21. The predicted molar refractivity (Wildman–Crippen MR) is 66.9 cm³/mol. The first-order valence-corrected chi connectivity index (χ1v) is 7.29. The molecule has 20 heavy (non-hydrogen) atoms. The molecule has 0 heterocycles. The minimum atomic E-state index is -4.80. The Morgan fingerprint density at radius 3 is 2.25 bits per heavy atom. The molecule has 2 N–H and O–H groups in total. The largest absolute Gasteiger partial charge is 0.573 e. The number of likely N-dealkylation sites (N-methyl/N-ethyl adjacent to an activating group) is 1. The van der Waals surface area contributed by atoms with Crippen LogP contribution in [0.3, 0.4) is 0 Å². The average molecular weight is 312 g/mol. The number of benzene rings is 1. The molecule has 0 spiro atoms. The fraction of sp³-hybridized carbons (Fsp3) is 0.455. The second-order valence-corrected chi connectivity index (χ2v) is 5.54. The van der Waals surface area contributed by atoms with Crippen molar-refractivity contribution in [2.45, 2.75) is 18.2 Å². The molecule has 0 fully saturated rings. The highest BCUT2D eigenvalue weighted by molar-refractivity contribution is 7.89. The Bertz CT molecular complexity index is 515. The molecular formula is C11H15F3N2O3S. The summed E-state index contributed by atoms with van der Waals surface area (Å²) in [5, 5.41) is 2.94.